The fourth-order valence-corrected chi connectivity index (χ4v) is 4.65. The number of piperidine rings is 1. The van der Waals surface area contributed by atoms with Crippen molar-refractivity contribution in [2.24, 2.45) is 0 Å². The lowest BCUT2D eigenvalue weighted by atomic mass is 10.0. The van der Waals surface area contributed by atoms with Gasteiger partial charge in [-0.15, -0.1) is 0 Å². The van der Waals surface area contributed by atoms with Crippen LogP contribution in [-0.4, -0.2) is 73.1 Å². The first kappa shape index (κ1) is 20.3. The van der Waals surface area contributed by atoms with Crippen molar-refractivity contribution in [1.82, 2.24) is 14.7 Å². The predicted molar refractivity (Wildman–Crippen MR) is 123 cm³/mol. The molecule has 0 unspecified atom stereocenters. The normalized spacial score (nSPS) is 20.4. The molecule has 29 heavy (non-hydrogen) atoms. The van der Waals surface area contributed by atoms with Gasteiger partial charge in [0.15, 0.2) is 0 Å². The van der Waals surface area contributed by atoms with Crippen LogP contribution >= 0.6 is 0 Å². The fraction of sp³-hybridized carbons (Fsp3) is 0.462. The Balaban J connectivity index is 1.13. The molecule has 0 atom stereocenters. The van der Waals surface area contributed by atoms with E-state index in [2.05, 4.69) is 87.5 Å². The average molecular weight is 390 g/mol. The smallest absolute Gasteiger partial charge is 0.0167 e. The molecule has 2 aromatic carbocycles. The van der Waals surface area contributed by atoms with Gasteiger partial charge in [0, 0.05) is 45.3 Å². The fourth-order valence-electron chi connectivity index (χ4n) is 4.65. The molecule has 4 rings (SSSR count). The van der Waals surface area contributed by atoms with E-state index >= 15 is 0 Å². The second kappa shape index (κ2) is 10.7. The van der Waals surface area contributed by atoms with Gasteiger partial charge in [0.05, 0.1) is 0 Å². The van der Waals surface area contributed by atoms with Crippen LogP contribution in [0.5, 0.6) is 0 Å². The first-order valence-corrected chi connectivity index (χ1v) is 11.3. The van der Waals surface area contributed by atoms with Gasteiger partial charge in [0.2, 0.25) is 0 Å². The minimum Gasteiger partial charge on any atom is -0.303 e. The van der Waals surface area contributed by atoms with E-state index in [-0.39, 0.29) is 0 Å². The maximum atomic E-state index is 2.76. The summed E-state index contributed by atoms with van der Waals surface area (Å²) >= 11 is 0. The summed E-state index contributed by atoms with van der Waals surface area (Å²) in [5, 5.41) is 0. The lowest BCUT2D eigenvalue weighted by molar-refractivity contribution is 0.0635. The lowest BCUT2D eigenvalue weighted by Gasteiger charge is -2.42. The number of nitrogens with zero attached hydrogens (tertiary/aromatic N) is 3. The molecule has 0 radical (unpaired) electrons. The number of benzene rings is 2. The highest BCUT2D eigenvalue weighted by Gasteiger charge is 2.26. The molecule has 154 valence electrons. The van der Waals surface area contributed by atoms with Crippen molar-refractivity contribution < 1.29 is 0 Å². The molecular weight excluding hydrogens is 354 g/mol. The highest BCUT2D eigenvalue weighted by Crippen LogP contribution is 2.19. The minimum atomic E-state index is 0.796. The van der Waals surface area contributed by atoms with E-state index < -0.39 is 0 Å². The van der Waals surface area contributed by atoms with Gasteiger partial charge in [-0.3, -0.25) is 9.80 Å². The number of piperazine rings is 1. The molecule has 2 aliphatic heterocycles. The molecule has 0 aliphatic carbocycles. The van der Waals surface area contributed by atoms with E-state index in [4.69, 9.17) is 0 Å². The van der Waals surface area contributed by atoms with Crippen molar-refractivity contribution in [1.29, 1.82) is 0 Å². The van der Waals surface area contributed by atoms with Gasteiger partial charge >= 0.3 is 0 Å². The molecule has 2 aliphatic rings. The molecule has 2 saturated heterocycles. The van der Waals surface area contributed by atoms with Crippen molar-refractivity contribution in [2.75, 3.05) is 52.4 Å². The molecule has 3 nitrogen and oxygen atoms in total. The summed E-state index contributed by atoms with van der Waals surface area (Å²) in [6.45, 7) is 9.66. The van der Waals surface area contributed by atoms with Crippen molar-refractivity contribution in [3.8, 4) is 0 Å². The SMILES string of the molecule is C(=C\c1ccccc1)/CN1CCN(C2CCN(CCc3ccccc3)CC2)CC1. The van der Waals surface area contributed by atoms with Crippen molar-refractivity contribution in [3.05, 3.63) is 77.9 Å². The quantitative estimate of drug-likeness (QED) is 0.708. The van der Waals surface area contributed by atoms with Gasteiger partial charge in [-0.05, 0) is 43.5 Å². The molecule has 2 fully saturated rings. The Hall–Kier alpha value is -1.94. The standard InChI is InChI=1S/C26H35N3/c1-3-8-24(9-4-1)12-7-16-27-20-22-29(23-21-27)26-14-18-28(19-15-26)17-13-25-10-5-2-6-11-25/h1-12,26H,13-23H2/b12-7+. The Bertz CT molecular complexity index is 727. The summed E-state index contributed by atoms with van der Waals surface area (Å²) in [5.74, 6) is 0. The highest BCUT2D eigenvalue weighted by atomic mass is 15.3. The van der Waals surface area contributed by atoms with E-state index in [1.165, 1.54) is 76.2 Å². The molecule has 0 saturated carbocycles. The number of hydrogen-bond acceptors (Lipinski definition) is 3. The summed E-state index contributed by atoms with van der Waals surface area (Å²) in [4.78, 5) is 8.00. The number of likely N-dealkylation sites (tertiary alicyclic amines) is 1. The summed E-state index contributed by atoms with van der Waals surface area (Å²) in [6.07, 6.45) is 8.42. The molecule has 2 heterocycles. The topological polar surface area (TPSA) is 9.72 Å². The first-order chi connectivity index (χ1) is 14.4. The monoisotopic (exact) mass is 389 g/mol. The molecule has 0 spiro atoms. The third kappa shape index (κ3) is 6.27. The Kier molecular flexibility index (Phi) is 7.52. The van der Waals surface area contributed by atoms with Crippen LogP contribution in [0.15, 0.2) is 66.7 Å². The van der Waals surface area contributed by atoms with E-state index in [0.29, 0.717) is 0 Å². The Labute approximate surface area is 176 Å². The van der Waals surface area contributed by atoms with Crippen molar-refractivity contribution in [2.45, 2.75) is 25.3 Å². The zero-order chi connectivity index (χ0) is 19.7. The maximum absolute atomic E-state index is 2.76. The van der Waals surface area contributed by atoms with E-state index in [0.717, 1.165) is 12.6 Å². The largest absolute Gasteiger partial charge is 0.303 e. The average Bonchev–Trinajstić information content (AvgIpc) is 2.80. The van der Waals surface area contributed by atoms with Gasteiger partial charge < -0.3 is 4.90 Å². The van der Waals surface area contributed by atoms with Crippen LogP contribution in [0.1, 0.15) is 24.0 Å². The molecular formula is C26H35N3. The number of hydrogen-bond donors (Lipinski definition) is 0. The molecule has 0 bridgehead atoms. The van der Waals surface area contributed by atoms with Crippen LogP contribution in [0.2, 0.25) is 0 Å². The lowest BCUT2D eigenvalue weighted by Crippen LogP contribution is -2.53. The first-order valence-electron chi connectivity index (χ1n) is 11.3. The summed E-state index contributed by atoms with van der Waals surface area (Å²) in [6, 6.07) is 22.3. The van der Waals surface area contributed by atoms with Crippen LogP contribution in [0.25, 0.3) is 6.08 Å². The summed E-state index contributed by atoms with van der Waals surface area (Å²) < 4.78 is 0. The van der Waals surface area contributed by atoms with Crippen molar-refractivity contribution in [3.63, 3.8) is 0 Å². The molecule has 3 heteroatoms. The maximum Gasteiger partial charge on any atom is 0.0167 e. The second-order valence-electron chi connectivity index (χ2n) is 8.46. The van der Waals surface area contributed by atoms with Crippen molar-refractivity contribution >= 4 is 6.08 Å². The highest BCUT2D eigenvalue weighted by molar-refractivity contribution is 5.48. The Morgan fingerprint density at radius 1 is 0.724 bits per heavy atom. The van der Waals surface area contributed by atoms with Crippen LogP contribution < -0.4 is 0 Å². The van der Waals surface area contributed by atoms with Crippen LogP contribution in [0.4, 0.5) is 0 Å². The van der Waals surface area contributed by atoms with Gasteiger partial charge in [-0.1, -0.05) is 72.8 Å². The zero-order valence-electron chi connectivity index (χ0n) is 17.6. The van der Waals surface area contributed by atoms with E-state index in [1.54, 1.807) is 0 Å². The minimum absolute atomic E-state index is 0.796. The van der Waals surface area contributed by atoms with Crippen LogP contribution in [0.3, 0.4) is 0 Å². The third-order valence-electron chi connectivity index (χ3n) is 6.51. The summed E-state index contributed by atoms with van der Waals surface area (Å²) in [7, 11) is 0. The van der Waals surface area contributed by atoms with E-state index in [9.17, 15) is 0 Å². The van der Waals surface area contributed by atoms with Gasteiger partial charge in [-0.2, -0.15) is 0 Å². The molecule has 0 aromatic heterocycles. The predicted octanol–water partition coefficient (Wildman–Crippen LogP) is 4.02. The Morgan fingerprint density at radius 3 is 2.07 bits per heavy atom. The van der Waals surface area contributed by atoms with E-state index in [1.807, 2.05) is 0 Å². The molecule has 2 aromatic rings. The van der Waals surface area contributed by atoms with Gasteiger partial charge in [0.1, 0.15) is 0 Å². The third-order valence-corrected chi connectivity index (χ3v) is 6.51. The summed E-state index contributed by atoms with van der Waals surface area (Å²) in [5.41, 5.74) is 2.76. The van der Waals surface area contributed by atoms with Gasteiger partial charge in [-0.25, -0.2) is 0 Å². The molecule has 0 amide bonds. The van der Waals surface area contributed by atoms with Gasteiger partial charge in [0.25, 0.3) is 0 Å². The zero-order valence-corrected chi connectivity index (χ0v) is 17.6. The second-order valence-corrected chi connectivity index (χ2v) is 8.46. The number of rotatable bonds is 7. The van der Waals surface area contributed by atoms with Crippen LogP contribution in [-0.2, 0) is 6.42 Å². The van der Waals surface area contributed by atoms with Crippen LogP contribution in [0, 0.1) is 0 Å². The Morgan fingerprint density at radius 2 is 1.38 bits per heavy atom. The molecule has 0 N–H and O–H groups in total.